The van der Waals surface area contributed by atoms with Gasteiger partial charge in [0.15, 0.2) is 6.61 Å². The van der Waals surface area contributed by atoms with Crippen LogP contribution in [-0.4, -0.2) is 31.1 Å². The molecule has 3 amide bonds. The zero-order chi connectivity index (χ0) is 16.5. The van der Waals surface area contributed by atoms with Gasteiger partial charge in [-0.3, -0.25) is 10.1 Å². The highest BCUT2D eigenvalue weighted by Gasteiger charge is 2.08. The summed E-state index contributed by atoms with van der Waals surface area (Å²) in [5.74, 6) is -1.45. The van der Waals surface area contributed by atoms with Crippen LogP contribution >= 0.6 is 23.2 Å². The number of hydrogen-bond acceptors (Lipinski definition) is 4. The van der Waals surface area contributed by atoms with Gasteiger partial charge < -0.3 is 10.1 Å². The van der Waals surface area contributed by atoms with E-state index in [0.717, 1.165) is 6.08 Å². The monoisotopic (exact) mass is 344 g/mol. The van der Waals surface area contributed by atoms with Crippen LogP contribution in [0.2, 0.25) is 10.0 Å². The second-order valence-corrected chi connectivity index (χ2v) is 4.84. The van der Waals surface area contributed by atoms with Crippen molar-refractivity contribution in [3.05, 3.63) is 39.9 Å². The van der Waals surface area contributed by atoms with Crippen molar-refractivity contribution in [3.8, 4) is 0 Å². The Kier molecular flexibility index (Phi) is 7.42. The Bertz CT molecular complexity index is 603. The van der Waals surface area contributed by atoms with Crippen molar-refractivity contribution in [1.29, 1.82) is 0 Å². The fourth-order valence-electron chi connectivity index (χ4n) is 1.33. The van der Waals surface area contributed by atoms with Crippen LogP contribution in [0.1, 0.15) is 12.5 Å². The number of benzene rings is 1. The molecule has 1 aromatic carbocycles. The molecule has 0 fully saturated rings. The molecule has 6 nitrogen and oxygen atoms in total. The average molecular weight is 345 g/mol. The van der Waals surface area contributed by atoms with Gasteiger partial charge in [0.2, 0.25) is 0 Å². The van der Waals surface area contributed by atoms with Gasteiger partial charge in [-0.05, 0) is 30.7 Å². The molecule has 2 N–H and O–H groups in total. The third-order valence-corrected chi connectivity index (χ3v) is 3.03. The Morgan fingerprint density at radius 2 is 1.95 bits per heavy atom. The minimum absolute atomic E-state index is 0.360. The number of esters is 1. The highest BCUT2D eigenvalue weighted by molar-refractivity contribution is 6.42. The Labute approximate surface area is 137 Å². The van der Waals surface area contributed by atoms with Crippen molar-refractivity contribution in [2.45, 2.75) is 6.92 Å². The van der Waals surface area contributed by atoms with Gasteiger partial charge in [-0.25, -0.2) is 9.59 Å². The number of rotatable bonds is 5. The summed E-state index contributed by atoms with van der Waals surface area (Å²) in [7, 11) is 0. The van der Waals surface area contributed by atoms with Crippen LogP contribution in [0.25, 0.3) is 6.08 Å². The van der Waals surface area contributed by atoms with Crippen molar-refractivity contribution in [2.75, 3.05) is 13.2 Å². The van der Waals surface area contributed by atoms with Crippen LogP contribution in [0.3, 0.4) is 0 Å². The molecule has 0 aliphatic rings. The van der Waals surface area contributed by atoms with Crippen molar-refractivity contribution < 1.29 is 19.1 Å². The first-order chi connectivity index (χ1) is 10.4. The largest absolute Gasteiger partial charge is 0.452 e. The van der Waals surface area contributed by atoms with Gasteiger partial charge >= 0.3 is 12.0 Å². The summed E-state index contributed by atoms with van der Waals surface area (Å²) in [5.41, 5.74) is 0.651. The molecule has 118 valence electrons. The fraction of sp³-hybridized carbons (Fsp3) is 0.214. The standard InChI is InChI=1S/C14H14Cl2N2O4/c1-2-17-14(21)18-12(19)8-22-13(20)6-4-9-3-5-10(15)11(16)7-9/h3-7H,2,8H2,1H3,(H2,17,18,19,21)/b6-4+. The van der Waals surface area contributed by atoms with Crippen LogP contribution < -0.4 is 10.6 Å². The lowest BCUT2D eigenvalue weighted by molar-refractivity contribution is -0.143. The minimum Gasteiger partial charge on any atom is -0.452 e. The van der Waals surface area contributed by atoms with Gasteiger partial charge in [0.1, 0.15) is 0 Å². The van der Waals surface area contributed by atoms with Crippen LogP contribution in [-0.2, 0) is 14.3 Å². The molecule has 0 bridgehead atoms. The smallest absolute Gasteiger partial charge is 0.331 e. The summed E-state index contributed by atoms with van der Waals surface area (Å²) >= 11 is 11.6. The normalized spacial score (nSPS) is 10.3. The summed E-state index contributed by atoms with van der Waals surface area (Å²) < 4.78 is 4.68. The summed E-state index contributed by atoms with van der Waals surface area (Å²) in [6, 6.07) is 4.19. The number of halogens is 2. The third-order valence-electron chi connectivity index (χ3n) is 2.29. The van der Waals surface area contributed by atoms with Gasteiger partial charge in [-0.2, -0.15) is 0 Å². The van der Waals surface area contributed by atoms with E-state index in [-0.39, 0.29) is 0 Å². The molecule has 1 aromatic rings. The summed E-state index contributed by atoms with van der Waals surface area (Å²) in [5, 5.41) is 5.14. The summed E-state index contributed by atoms with van der Waals surface area (Å²) in [6.45, 7) is 1.53. The molecule has 8 heteroatoms. The third kappa shape index (κ3) is 6.60. The van der Waals surface area contributed by atoms with Crippen molar-refractivity contribution in [3.63, 3.8) is 0 Å². The van der Waals surface area contributed by atoms with E-state index in [1.165, 1.54) is 6.08 Å². The predicted molar refractivity (Wildman–Crippen MR) is 83.7 cm³/mol. The minimum atomic E-state index is -0.725. The summed E-state index contributed by atoms with van der Waals surface area (Å²) in [4.78, 5) is 33.8. The molecule has 0 aromatic heterocycles. The van der Waals surface area contributed by atoms with E-state index in [1.807, 2.05) is 5.32 Å². The lowest BCUT2D eigenvalue weighted by Crippen LogP contribution is -2.41. The molecule has 0 aliphatic carbocycles. The topological polar surface area (TPSA) is 84.5 Å². The Morgan fingerprint density at radius 1 is 1.23 bits per heavy atom. The Balaban J connectivity index is 2.42. The highest BCUT2D eigenvalue weighted by Crippen LogP contribution is 2.23. The fourth-order valence-corrected chi connectivity index (χ4v) is 1.64. The number of carbonyl (C=O) groups excluding carboxylic acids is 3. The highest BCUT2D eigenvalue weighted by atomic mass is 35.5. The predicted octanol–water partition coefficient (Wildman–Crippen LogP) is 2.40. The lowest BCUT2D eigenvalue weighted by Gasteiger charge is -2.04. The van der Waals surface area contributed by atoms with Crippen LogP contribution in [0.5, 0.6) is 0 Å². The molecule has 0 saturated heterocycles. The molecule has 22 heavy (non-hydrogen) atoms. The van der Waals surface area contributed by atoms with E-state index < -0.39 is 24.5 Å². The first-order valence-corrected chi connectivity index (χ1v) is 7.05. The molecule has 0 atom stereocenters. The van der Waals surface area contributed by atoms with E-state index in [2.05, 4.69) is 10.1 Å². The van der Waals surface area contributed by atoms with E-state index in [0.29, 0.717) is 22.2 Å². The van der Waals surface area contributed by atoms with Crippen LogP contribution in [0.4, 0.5) is 4.79 Å². The van der Waals surface area contributed by atoms with Gasteiger partial charge in [0.05, 0.1) is 10.0 Å². The molecule has 0 saturated carbocycles. The first-order valence-electron chi connectivity index (χ1n) is 6.30. The number of carbonyl (C=O) groups is 3. The second-order valence-electron chi connectivity index (χ2n) is 4.02. The number of hydrogen-bond donors (Lipinski definition) is 2. The molecule has 1 rings (SSSR count). The van der Waals surface area contributed by atoms with Crippen LogP contribution in [0.15, 0.2) is 24.3 Å². The van der Waals surface area contributed by atoms with Crippen molar-refractivity contribution >= 4 is 47.2 Å². The van der Waals surface area contributed by atoms with Gasteiger partial charge in [-0.15, -0.1) is 0 Å². The van der Waals surface area contributed by atoms with E-state index >= 15 is 0 Å². The first kappa shape index (κ1) is 18.0. The zero-order valence-electron chi connectivity index (χ0n) is 11.7. The molecule has 0 unspecified atom stereocenters. The van der Waals surface area contributed by atoms with E-state index in [9.17, 15) is 14.4 Å². The van der Waals surface area contributed by atoms with E-state index in [4.69, 9.17) is 23.2 Å². The average Bonchev–Trinajstić information content (AvgIpc) is 2.46. The van der Waals surface area contributed by atoms with Gasteiger partial charge in [-0.1, -0.05) is 29.3 Å². The second kappa shape index (κ2) is 9.07. The maximum Gasteiger partial charge on any atom is 0.331 e. The SMILES string of the molecule is CCNC(=O)NC(=O)COC(=O)/C=C/c1ccc(Cl)c(Cl)c1. The van der Waals surface area contributed by atoms with Crippen molar-refractivity contribution in [1.82, 2.24) is 10.6 Å². The van der Waals surface area contributed by atoms with Gasteiger partial charge in [0, 0.05) is 12.6 Å². The molecular formula is C14H14Cl2N2O4. The van der Waals surface area contributed by atoms with Crippen molar-refractivity contribution in [2.24, 2.45) is 0 Å². The number of urea groups is 1. The quantitative estimate of drug-likeness (QED) is 0.634. The Morgan fingerprint density at radius 3 is 2.59 bits per heavy atom. The number of nitrogens with one attached hydrogen (secondary N) is 2. The van der Waals surface area contributed by atoms with Crippen LogP contribution in [0, 0.1) is 0 Å². The number of ether oxygens (including phenoxy) is 1. The number of imide groups is 1. The molecule has 0 spiro atoms. The van der Waals surface area contributed by atoms with E-state index in [1.54, 1.807) is 25.1 Å². The number of amides is 3. The zero-order valence-corrected chi connectivity index (χ0v) is 13.2. The maximum absolute atomic E-state index is 11.4. The molecular weight excluding hydrogens is 331 g/mol. The molecule has 0 aliphatic heterocycles. The van der Waals surface area contributed by atoms with Gasteiger partial charge in [0.25, 0.3) is 5.91 Å². The molecule has 0 radical (unpaired) electrons. The lowest BCUT2D eigenvalue weighted by atomic mass is 10.2. The summed E-state index contributed by atoms with van der Waals surface area (Å²) in [6.07, 6.45) is 2.60. The maximum atomic E-state index is 11.4. The Hall–Kier alpha value is -2.05. The molecule has 0 heterocycles.